The van der Waals surface area contributed by atoms with E-state index < -0.39 is 5.97 Å². The number of carbonyl (C=O) groups is 1. The van der Waals surface area contributed by atoms with E-state index in [1.165, 1.54) is 17.8 Å². The predicted octanol–water partition coefficient (Wildman–Crippen LogP) is 2.11. The predicted molar refractivity (Wildman–Crippen MR) is 79.9 cm³/mol. The van der Waals surface area contributed by atoms with Crippen molar-refractivity contribution >= 4 is 22.4 Å². The Labute approximate surface area is 123 Å². The van der Waals surface area contributed by atoms with Crippen LogP contribution in [-0.2, 0) is 0 Å². The fraction of sp³-hybridized carbons (Fsp3) is 0.714. The lowest BCUT2D eigenvalue weighted by atomic mass is 10.1. The highest BCUT2D eigenvalue weighted by atomic mass is 32.1. The summed E-state index contributed by atoms with van der Waals surface area (Å²) in [4.78, 5) is 20.8. The van der Waals surface area contributed by atoms with E-state index in [1.54, 1.807) is 0 Å². The summed E-state index contributed by atoms with van der Waals surface area (Å²) in [6.45, 7) is 3.24. The van der Waals surface area contributed by atoms with Crippen LogP contribution < -0.4 is 4.90 Å². The summed E-state index contributed by atoms with van der Waals surface area (Å²) >= 11 is 1.33. The highest BCUT2D eigenvalue weighted by Gasteiger charge is 2.33. The van der Waals surface area contributed by atoms with Crippen molar-refractivity contribution in [3.05, 3.63) is 10.6 Å². The molecule has 1 atom stereocenters. The molecular weight excluding hydrogens is 274 g/mol. The Hall–Kier alpha value is -1.14. The van der Waals surface area contributed by atoms with Crippen molar-refractivity contribution < 1.29 is 9.90 Å². The lowest BCUT2D eigenvalue weighted by Gasteiger charge is -2.20. The number of aromatic nitrogens is 1. The lowest BCUT2D eigenvalue weighted by Crippen LogP contribution is -2.27. The molecule has 2 aliphatic rings. The minimum Gasteiger partial charge on any atom is -0.477 e. The van der Waals surface area contributed by atoms with E-state index in [2.05, 4.69) is 21.8 Å². The van der Waals surface area contributed by atoms with Crippen LogP contribution in [0.3, 0.4) is 0 Å². The molecular formula is C14H21N3O2S. The maximum absolute atomic E-state index is 11.3. The number of carboxylic acids is 1. The van der Waals surface area contributed by atoms with Gasteiger partial charge in [-0.05, 0) is 38.8 Å². The molecule has 1 N–H and O–H groups in total. The second-order valence-electron chi connectivity index (χ2n) is 6.09. The van der Waals surface area contributed by atoms with Gasteiger partial charge in [0.25, 0.3) is 0 Å². The normalized spacial score (nSPS) is 23.2. The molecule has 1 aliphatic carbocycles. The van der Waals surface area contributed by atoms with Gasteiger partial charge in [0.2, 0.25) is 0 Å². The highest BCUT2D eigenvalue weighted by Crippen LogP contribution is 2.44. The summed E-state index contributed by atoms with van der Waals surface area (Å²) in [7, 11) is 4.18. The van der Waals surface area contributed by atoms with Crippen molar-refractivity contribution in [1.29, 1.82) is 0 Å². The number of rotatable bonds is 5. The second kappa shape index (κ2) is 5.33. The number of likely N-dealkylation sites (tertiary alicyclic amines) is 1. The maximum atomic E-state index is 11.3. The molecule has 1 unspecified atom stereocenters. The minimum atomic E-state index is -0.829. The second-order valence-corrected chi connectivity index (χ2v) is 7.07. The molecule has 5 nitrogen and oxygen atoms in total. The van der Waals surface area contributed by atoms with Gasteiger partial charge in [-0.25, -0.2) is 9.78 Å². The van der Waals surface area contributed by atoms with E-state index in [0.29, 0.717) is 16.7 Å². The van der Waals surface area contributed by atoms with Crippen molar-refractivity contribution in [2.24, 2.45) is 5.92 Å². The molecule has 1 saturated heterocycles. The molecule has 0 aromatic carbocycles. The summed E-state index contributed by atoms with van der Waals surface area (Å²) in [5, 5.41) is 10.2. The average Bonchev–Trinajstić information content (AvgIpc) is 3.00. The van der Waals surface area contributed by atoms with Crippen LogP contribution in [0.5, 0.6) is 0 Å². The Balaban J connectivity index is 1.72. The SMILES string of the molecule is CN1CCC(CN(C)c2nc(C3CC3)c(C(=O)O)s2)C1. The molecule has 20 heavy (non-hydrogen) atoms. The number of nitrogens with zero attached hydrogens (tertiary/aromatic N) is 3. The van der Waals surface area contributed by atoms with E-state index in [0.717, 1.165) is 43.3 Å². The standard InChI is InChI=1S/C14H21N3O2S/c1-16-6-5-9(7-16)8-17(2)14-15-11(10-3-4-10)12(20-14)13(18)19/h9-10H,3-8H2,1-2H3,(H,18,19). The number of anilines is 1. The minimum absolute atomic E-state index is 0.386. The van der Waals surface area contributed by atoms with Crippen molar-refractivity contribution in [1.82, 2.24) is 9.88 Å². The van der Waals surface area contributed by atoms with Crippen LogP contribution in [0.4, 0.5) is 5.13 Å². The summed E-state index contributed by atoms with van der Waals surface area (Å²) in [6, 6.07) is 0. The van der Waals surface area contributed by atoms with Crippen LogP contribution in [0.1, 0.15) is 40.5 Å². The molecule has 0 spiro atoms. The van der Waals surface area contributed by atoms with E-state index in [4.69, 9.17) is 0 Å². The molecule has 0 radical (unpaired) electrons. The molecule has 1 saturated carbocycles. The van der Waals surface area contributed by atoms with Crippen LogP contribution in [0.25, 0.3) is 0 Å². The van der Waals surface area contributed by atoms with Crippen LogP contribution in [0.15, 0.2) is 0 Å². The van der Waals surface area contributed by atoms with Gasteiger partial charge in [-0.1, -0.05) is 11.3 Å². The highest BCUT2D eigenvalue weighted by molar-refractivity contribution is 7.17. The topological polar surface area (TPSA) is 56.7 Å². The van der Waals surface area contributed by atoms with E-state index in [1.807, 2.05) is 7.05 Å². The first-order chi connectivity index (χ1) is 9.54. The fourth-order valence-corrected chi connectivity index (χ4v) is 3.87. The molecule has 3 rings (SSSR count). The van der Waals surface area contributed by atoms with E-state index in [9.17, 15) is 9.90 Å². The number of thiazole rings is 1. The number of hydrogen-bond donors (Lipinski definition) is 1. The zero-order valence-electron chi connectivity index (χ0n) is 12.0. The summed E-state index contributed by atoms with van der Waals surface area (Å²) in [5.74, 6) is 0.216. The first-order valence-corrected chi connectivity index (χ1v) is 8.00. The molecule has 110 valence electrons. The van der Waals surface area contributed by atoms with Crippen LogP contribution in [0, 0.1) is 5.92 Å². The van der Waals surface area contributed by atoms with Crippen LogP contribution in [0.2, 0.25) is 0 Å². The van der Waals surface area contributed by atoms with Crippen molar-refractivity contribution in [2.45, 2.75) is 25.2 Å². The van der Waals surface area contributed by atoms with Gasteiger partial charge in [0.05, 0.1) is 5.69 Å². The van der Waals surface area contributed by atoms with Gasteiger partial charge in [0.1, 0.15) is 4.88 Å². The Kier molecular flexibility index (Phi) is 3.69. The van der Waals surface area contributed by atoms with Crippen molar-refractivity contribution in [3.8, 4) is 0 Å². The first-order valence-electron chi connectivity index (χ1n) is 7.18. The van der Waals surface area contributed by atoms with Gasteiger partial charge >= 0.3 is 5.97 Å². The molecule has 1 aromatic heterocycles. The van der Waals surface area contributed by atoms with Crippen molar-refractivity contribution in [2.75, 3.05) is 38.6 Å². The van der Waals surface area contributed by atoms with Crippen molar-refractivity contribution in [3.63, 3.8) is 0 Å². The Morgan fingerprint density at radius 1 is 1.50 bits per heavy atom. The Morgan fingerprint density at radius 2 is 2.25 bits per heavy atom. The number of aromatic carboxylic acids is 1. The third-order valence-electron chi connectivity index (χ3n) is 4.15. The third kappa shape index (κ3) is 2.81. The first kappa shape index (κ1) is 13.8. The van der Waals surface area contributed by atoms with E-state index in [-0.39, 0.29) is 0 Å². The quantitative estimate of drug-likeness (QED) is 0.901. The maximum Gasteiger partial charge on any atom is 0.347 e. The monoisotopic (exact) mass is 295 g/mol. The fourth-order valence-electron chi connectivity index (χ4n) is 2.91. The average molecular weight is 295 g/mol. The van der Waals surface area contributed by atoms with Crippen LogP contribution in [-0.4, -0.2) is 54.7 Å². The number of carboxylic acid groups (broad SMARTS) is 1. The molecule has 1 aromatic rings. The molecule has 2 fully saturated rings. The van der Waals surface area contributed by atoms with E-state index >= 15 is 0 Å². The molecule has 2 heterocycles. The smallest absolute Gasteiger partial charge is 0.347 e. The zero-order valence-corrected chi connectivity index (χ0v) is 12.8. The van der Waals surface area contributed by atoms with Gasteiger partial charge in [-0.15, -0.1) is 0 Å². The van der Waals surface area contributed by atoms with Gasteiger partial charge in [-0.2, -0.15) is 0 Å². The molecule has 0 bridgehead atoms. The largest absolute Gasteiger partial charge is 0.477 e. The third-order valence-corrected chi connectivity index (χ3v) is 5.32. The zero-order chi connectivity index (χ0) is 14.3. The van der Waals surface area contributed by atoms with Crippen LogP contribution >= 0.6 is 11.3 Å². The molecule has 1 aliphatic heterocycles. The molecule has 6 heteroatoms. The summed E-state index contributed by atoms with van der Waals surface area (Å²) in [5.41, 5.74) is 0.813. The lowest BCUT2D eigenvalue weighted by molar-refractivity contribution is 0.0700. The summed E-state index contributed by atoms with van der Waals surface area (Å²) < 4.78 is 0. The van der Waals surface area contributed by atoms with Gasteiger partial charge in [-0.3, -0.25) is 0 Å². The number of hydrogen-bond acceptors (Lipinski definition) is 5. The summed E-state index contributed by atoms with van der Waals surface area (Å²) in [6.07, 6.45) is 3.38. The van der Waals surface area contributed by atoms with Gasteiger partial charge in [0.15, 0.2) is 5.13 Å². The Bertz CT molecular complexity index is 513. The molecule has 0 amide bonds. The van der Waals surface area contributed by atoms with Gasteiger partial charge < -0.3 is 14.9 Å². The van der Waals surface area contributed by atoms with Gasteiger partial charge in [0, 0.05) is 26.1 Å². The Morgan fingerprint density at radius 3 is 2.80 bits per heavy atom.